The fourth-order valence-corrected chi connectivity index (χ4v) is 4.42. The van der Waals surface area contributed by atoms with Crippen molar-refractivity contribution in [2.75, 3.05) is 19.7 Å². The number of rotatable bonds is 4. The molecule has 1 spiro atoms. The molecule has 1 saturated carbocycles. The minimum Gasteiger partial charge on any atom is -0.371 e. The third-order valence-electron chi connectivity index (χ3n) is 4.55. The van der Waals surface area contributed by atoms with Gasteiger partial charge >= 0.3 is 0 Å². The van der Waals surface area contributed by atoms with Gasteiger partial charge in [0.15, 0.2) is 5.25 Å². The van der Waals surface area contributed by atoms with Crippen LogP contribution in [0.4, 0.5) is 0 Å². The van der Waals surface area contributed by atoms with Crippen LogP contribution in [0.15, 0.2) is 0 Å². The van der Waals surface area contributed by atoms with E-state index < -0.39 is 15.3 Å². The highest BCUT2D eigenvalue weighted by Gasteiger charge is 2.42. The monoisotopic (exact) mass is 318 g/mol. The Bertz CT molecular complexity index is 466. The van der Waals surface area contributed by atoms with Gasteiger partial charge in [0.1, 0.15) is 0 Å². The van der Waals surface area contributed by atoms with E-state index in [9.17, 15) is 13.2 Å². The van der Waals surface area contributed by atoms with Crippen LogP contribution in [0.25, 0.3) is 0 Å². The summed E-state index contributed by atoms with van der Waals surface area (Å²) < 4.78 is 29.3. The quantitative estimate of drug-likeness (QED) is 0.837. The molecule has 1 aliphatic heterocycles. The van der Waals surface area contributed by atoms with Gasteiger partial charge < -0.3 is 9.64 Å². The van der Waals surface area contributed by atoms with Crippen LogP contribution < -0.4 is 5.14 Å². The van der Waals surface area contributed by atoms with E-state index >= 15 is 0 Å². The van der Waals surface area contributed by atoms with Crippen LogP contribution in [0.1, 0.15) is 51.9 Å². The number of morpholine rings is 1. The van der Waals surface area contributed by atoms with Crippen molar-refractivity contribution in [2.24, 2.45) is 5.14 Å². The van der Waals surface area contributed by atoms with Gasteiger partial charge in [0.2, 0.25) is 15.9 Å². The molecule has 1 atom stereocenters. The third kappa shape index (κ3) is 3.96. The minimum absolute atomic E-state index is 0.263. The van der Waals surface area contributed by atoms with Crippen LogP contribution in [0.2, 0.25) is 0 Å². The molecule has 1 heterocycles. The van der Waals surface area contributed by atoms with Crippen molar-refractivity contribution in [3.8, 4) is 0 Å². The van der Waals surface area contributed by atoms with Crippen molar-refractivity contribution in [3.05, 3.63) is 0 Å². The average molecular weight is 318 g/mol. The highest BCUT2D eigenvalue weighted by molar-refractivity contribution is 7.90. The zero-order chi connectivity index (χ0) is 15.5. The van der Waals surface area contributed by atoms with E-state index in [1.54, 1.807) is 4.90 Å². The molecule has 6 nitrogen and oxygen atoms in total. The molecule has 0 bridgehead atoms. The molecule has 21 heavy (non-hydrogen) atoms. The summed E-state index contributed by atoms with van der Waals surface area (Å²) in [6.07, 6.45) is 6.21. The SMILES string of the molecule is CCC[C@H](C(=O)N1CCOC2(CCCCC2)C1)S(N)(=O)=O. The van der Waals surface area contributed by atoms with Crippen molar-refractivity contribution in [3.63, 3.8) is 0 Å². The minimum atomic E-state index is -3.85. The molecule has 1 aliphatic carbocycles. The van der Waals surface area contributed by atoms with Crippen LogP contribution >= 0.6 is 0 Å². The highest BCUT2D eigenvalue weighted by Crippen LogP contribution is 2.34. The molecule has 2 rings (SSSR count). The Morgan fingerprint density at radius 1 is 1.33 bits per heavy atom. The summed E-state index contributed by atoms with van der Waals surface area (Å²) in [6.45, 7) is 3.29. The van der Waals surface area contributed by atoms with Gasteiger partial charge in [0, 0.05) is 13.1 Å². The molecule has 2 N–H and O–H groups in total. The van der Waals surface area contributed by atoms with E-state index in [0.29, 0.717) is 26.1 Å². The van der Waals surface area contributed by atoms with E-state index in [4.69, 9.17) is 9.88 Å². The zero-order valence-corrected chi connectivity index (χ0v) is 13.5. The third-order valence-corrected chi connectivity index (χ3v) is 5.78. The van der Waals surface area contributed by atoms with Crippen molar-refractivity contribution >= 4 is 15.9 Å². The summed E-state index contributed by atoms with van der Waals surface area (Å²) in [5.74, 6) is -0.354. The number of amides is 1. The Hall–Kier alpha value is -0.660. The number of primary sulfonamides is 1. The first-order chi connectivity index (χ1) is 9.88. The molecule has 1 saturated heterocycles. The van der Waals surface area contributed by atoms with Gasteiger partial charge in [0.25, 0.3) is 0 Å². The van der Waals surface area contributed by atoms with Crippen molar-refractivity contribution < 1.29 is 17.9 Å². The van der Waals surface area contributed by atoms with Gasteiger partial charge in [0.05, 0.1) is 12.2 Å². The molecule has 1 amide bonds. The highest BCUT2D eigenvalue weighted by atomic mass is 32.2. The van der Waals surface area contributed by atoms with Gasteiger partial charge in [-0.15, -0.1) is 0 Å². The summed E-state index contributed by atoms with van der Waals surface area (Å²) in [7, 11) is -3.85. The number of carbonyl (C=O) groups excluding carboxylic acids is 1. The summed E-state index contributed by atoms with van der Waals surface area (Å²) in [6, 6.07) is 0. The Labute approximate surface area is 127 Å². The number of sulfonamides is 1. The van der Waals surface area contributed by atoms with E-state index in [-0.39, 0.29) is 17.9 Å². The molecule has 0 aromatic heterocycles. The van der Waals surface area contributed by atoms with E-state index in [2.05, 4.69) is 0 Å². The van der Waals surface area contributed by atoms with Gasteiger partial charge in [-0.3, -0.25) is 4.79 Å². The molecule has 0 aromatic rings. The van der Waals surface area contributed by atoms with Gasteiger partial charge in [-0.05, 0) is 19.3 Å². The predicted octanol–water partition coefficient (Wildman–Crippen LogP) is 1.01. The van der Waals surface area contributed by atoms with Crippen LogP contribution in [-0.2, 0) is 19.6 Å². The Morgan fingerprint density at radius 2 is 2.00 bits per heavy atom. The van der Waals surface area contributed by atoms with Gasteiger partial charge in [-0.1, -0.05) is 32.6 Å². The van der Waals surface area contributed by atoms with Crippen LogP contribution in [0.5, 0.6) is 0 Å². The summed E-state index contributed by atoms with van der Waals surface area (Å²) in [5.41, 5.74) is -0.263. The Kier molecular flexibility index (Phi) is 5.27. The molecule has 7 heteroatoms. The number of nitrogens with zero attached hydrogens (tertiary/aromatic N) is 1. The second-order valence-electron chi connectivity index (χ2n) is 6.22. The van der Waals surface area contributed by atoms with Crippen molar-refractivity contribution in [2.45, 2.75) is 62.7 Å². The molecule has 0 radical (unpaired) electrons. The standard InChI is InChI=1S/C14H26N2O4S/c1-2-6-12(21(15,18)19)13(17)16-9-10-20-14(11-16)7-4-3-5-8-14/h12H,2-11H2,1H3,(H2,15,18,19)/t12-/m1/s1. The lowest BCUT2D eigenvalue weighted by Gasteiger charge is -2.45. The molecule has 0 aromatic carbocycles. The number of nitrogens with two attached hydrogens (primary N) is 1. The zero-order valence-electron chi connectivity index (χ0n) is 12.7. The normalized spacial score (nSPS) is 24.0. The predicted molar refractivity (Wildman–Crippen MR) is 80.2 cm³/mol. The maximum Gasteiger partial charge on any atom is 0.242 e. The molecule has 2 fully saturated rings. The smallest absolute Gasteiger partial charge is 0.242 e. The maximum absolute atomic E-state index is 12.6. The lowest BCUT2D eigenvalue weighted by molar-refractivity contribution is -0.156. The van der Waals surface area contributed by atoms with Crippen molar-refractivity contribution in [1.29, 1.82) is 0 Å². The molecule has 2 aliphatic rings. The average Bonchev–Trinajstić information content (AvgIpc) is 2.44. The number of hydrogen-bond donors (Lipinski definition) is 1. The second kappa shape index (κ2) is 6.62. The van der Waals surface area contributed by atoms with E-state index in [0.717, 1.165) is 25.7 Å². The topological polar surface area (TPSA) is 89.7 Å². The lowest BCUT2D eigenvalue weighted by atomic mass is 9.83. The number of ether oxygens (including phenoxy) is 1. The van der Waals surface area contributed by atoms with Gasteiger partial charge in [-0.25, -0.2) is 13.6 Å². The molecular formula is C14H26N2O4S. The summed E-state index contributed by atoms with van der Waals surface area (Å²) in [4.78, 5) is 14.2. The molecular weight excluding hydrogens is 292 g/mol. The fourth-order valence-electron chi connectivity index (χ4n) is 3.43. The van der Waals surface area contributed by atoms with E-state index in [1.807, 2.05) is 6.92 Å². The second-order valence-corrected chi connectivity index (χ2v) is 7.97. The summed E-state index contributed by atoms with van der Waals surface area (Å²) in [5, 5.41) is 4.13. The number of carbonyl (C=O) groups is 1. The van der Waals surface area contributed by atoms with Crippen LogP contribution in [-0.4, -0.2) is 49.8 Å². The fraction of sp³-hybridized carbons (Fsp3) is 0.929. The van der Waals surface area contributed by atoms with Crippen LogP contribution in [0, 0.1) is 0 Å². The summed E-state index contributed by atoms with van der Waals surface area (Å²) >= 11 is 0. The first-order valence-electron chi connectivity index (χ1n) is 7.82. The van der Waals surface area contributed by atoms with E-state index in [1.165, 1.54) is 6.42 Å². The first kappa shape index (κ1) is 16.7. The van der Waals surface area contributed by atoms with Crippen molar-refractivity contribution in [1.82, 2.24) is 4.90 Å². The molecule has 0 unspecified atom stereocenters. The Balaban J connectivity index is 2.10. The maximum atomic E-state index is 12.6. The first-order valence-corrected chi connectivity index (χ1v) is 9.43. The number of hydrogen-bond acceptors (Lipinski definition) is 4. The van der Waals surface area contributed by atoms with Gasteiger partial charge in [-0.2, -0.15) is 0 Å². The largest absolute Gasteiger partial charge is 0.371 e. The molecule has 122 valence electrons. The van der Waals surface area contributed by atoms with Crippen LogP contribution in [0.3, 0.4) is 0 Å². The Morgan fingerprint density at radius 3 is 2.57 bits per heavy atom. The lowest BCUT2D eigenvalue weighted by Crippen LogP contribution is -2.57.